The lowest BCUT2D eigenvalue weighted by atomic mass is 9.99. The molecule has 0 aliphatic carbocycles. The Morgan fingerprint density at radius 1 is 1.40 bits per heavy atom. The number of nitrogens with zero attached hydrogens (tertiary/aromatic N) is 1. The van der Waals surface area contributed by atoms with Crippen molar-refractivity contribution in [2.75, 3.05) is 7.05 Å². The molecule has 0 heterocycles. The van der Waals surface area contributed by atoms with Crippen LogP contribution in [0.2, 0.25) is 0 Å². The maximum Gasteiger partial charge on any atom is 0.423 e. The molecule has 112 valence electrons. The van der Waals surface area contributed by atoms with Crippen LogP contribution in [0.4, 0.5) is 18.9 Å². The molecule has 1 unspecified atom stereocenters. The van der Waals surface area contributed by atoms with Crippen LogP contribution in [-0.2, 0) is 12.6 Å². The van der Waals surface area contributed by atoms with Crippen LogP contribution < -0.4 is 5.32 Å². The summed E-state index contributed by atoms with van der Waals surface area (Å²) in [6.45, 7) is 1.99. The Hall–Kier alpha value is -1.63. The van der Waals surface area contributed by atoms with Gasteiger partial charge in [-0.2, -0.15) is 13.2 Å². The molecule has 0 bridgehead atoms. The van der Waals surface area contributed by atoms with Gasteiger partial charge in [0.15, 0.2) is 0 Å². The lowest BCUT2D eigenvalue weighted by molar-refractivity contribution is -0.388. The summed E-state index contributed by atoms with van der Waals surface area (Å²) >= 11 is 0. The molecule has 0 aromatic heterocycles. The van der Waals surface area contributed by atoms with Gasteiger partial charge in [0.25, 0.3) is 5.69 Å². The van der Waals surface area contributed by atoms with Gasteiger partial charge in [0.1, 0.15) is 5.56 Å². The number of hydrogen-bond acceptors (Lipinski definition) is 3. The smallest absolute Gasteiger partial charge is 0.317 e. The van der Waals surface area contributed by atoms with Gasteiger partial charge in [0, 0.05) is 12.1 Å². The van der Waals surface area contributed by atoms with Gasteiger partial charge in [0.2, 0.25) is 0 Å². The Morgan fingerprint density at radius 2 is 2.05 bits per heavy atom. The molecule has 1 atom stereocenters. The molecule has 7 heteroatoms. The van der Waals surface area contributed by atoms with Gasteiger partial charge in [-0.15, -0.1) is 0 Å². The van der Waals surface area contributed by atoms with Gasteiger partial charge in [-0.25, -0.2) is 0 Å². The van der Waals surface area contributed by atoms with Crippen molar-refractivity contribution in [2.45, 2.75) is 38.4 Å². The second-order valence-electron chi connectivity index (χ2n) is 4.58. The number of nitro groups is 1. The van der Waals surface area contributed by atoms with Crippen molar-refractivity contribution < 1.29 is 18.1 Å². The van der Waals surface area contributed by atoms with Crippen molar-refractivity contribution in [2.24, 2.45) is 0 Å². The number of likely N-dealkylation sites (N-methyl/N-ethyl adjacent to an activating group) is 1. The summed E-state index contributed by atoms with van der Waals surface area (Å²) in [5, 5.41) is 13.7. The molecule has 0 fully saturated rings. The van der Waals surface area contributed by atoms with Gasteiger partial charge in [0.05, 0.1) is 4.92 Å². The average Bonchev–Trinajstić information content (AvgIpc) is 2.36. The van der Waals surface area contributed by atoms with Crippen molar-refractivity contribution in [1.82, 2.24) is 5.32 Å². The maximum atomic E-state index is 12.8. The zero-order valence-corrected chi connectivity index (χ0v) is 11.3. The molecule has 1 aromatic carbocycles. The highest BCUT2D eigenvalue weighted by molar-refractivity contribution is 5.44. The first kappa shape index (κ1) is 16.4. The normalized spacial score (nSPS) is 13.2. The number of nitro benzene ring substituents is 1. The minimum absolute atomic E-state index is 0.0579. The number of rotatable bonds is 6. The number of nitrogens with one attached hydrogen (secondary N) is 1. The highest BCUT2D eigenvalue weighted by atomic mass is 19.4. The van der Waals surface area contributed by atoms with Crippen LogP contribution >= 0.6 is 0 Å². The summed E-state index contributed by atoms with van der Waals surface area (Å²) < 4.78 is 38.5. The van der Waals surface area contributed by atoms with E-state index in [0.717, 1.165) is 25.0 Å². The molecule has 0 radical (unpaired) electrons. The molecule has 0 amide bonds. The van der Waals surface area contributed by atoms with E-state index in [0.29, 0.717) is 12.0 Å². The summed E-state index contributed by atoms with van der Waals surface area (Å²) in [4.78, 5) is 9.65. The molecule has 0 spiro atoms. The van der Waals surface area contributed by atoms with E-state index in [1.807, 2.05) is 6.92 Å². The second kappa shape index (κ2) is 6.69. The van der Waals surface area contributed by atoms with E-state index in [-0.39, 0.29) is 6.04 Å². The van der Waals surface area contributed by atoms with E-state index in [9.17, 15) is 23.3 Å². The first-order valence-electron chi connectivity index (χ1n) is 6.31. The van der Waals surface area contributed by atoms with Crippen LogP contribution in [-0.4, -0.2) is 18.0 Å². The fourth-order valence-corrected chi connectivity index (χ4v) is 2.08. The van der Waals surface area contributed by atoms with Crippen molar-refractivity contribution in [1.29, 1.82) is 0 Å². The molecular weight excluding hydrogens is 273 g/mol. The fourth-order valence-electron chi connectivity index (χ4n) is 2.08. The highest BCUT2D eigenvalue weighted by Gasteiger charge is 2.38. The molecule has 20 heavy (non-hydrogen) atoms. The van der Waals surface area contributed by atoms with Gasteiger partial charge >= 0.3 is 6.18 Å². The second-order valence-corrected chi connectivity index (χ2v) is 4.58. The Kier molecular flexibility index (Phi) is 5.50. The zero-order valence-electron chi connectivity index (χ0n) is 11.3. The van der Waals surface area contributed by atoms with Gasteiger partial charge in [-0.3, -0.25) is 10.1 Å². The third kappa shape index (κ3) is 4.19. The lowest BCUT2D eigenvalue weighted by Crippen LogP contribution is -2.27. The van der Waals surface area contributed by atoms with Gasteiger partial charge in [-0.1, -0.05) is 19.4 Å². The first-order chi connectivity index (χ1) is 9.29. The van der Waals surface area contributed by atoms with E-state index in [2.05, 4.69) is 5.32 Å². The Morgan fingerprint density at radius 3 is 2.50 bits per heavy atom. The van der Waals surface area contributed by atoms with Crippen molar-refractivity contribution >= 4 is 5.69 Å². The van der Waals surface area contributed by atoms with E-state index >= 15 is 0 Å². The summed E-state index contributed by atoms with van der Waals surface area (Å²) in [6.07, 6.45) is -2.58. The van der Waals surface area contributed by atoms with Crippen molar-refractivity contribution in [3.05, 3.63) is 39.4 Å². The molecule has 0 saturated carbocycles. The average molecular weight is 290 g/mol. The maximum absolute atomic E-state index is 12.8. The van der Waals surface area contributed by atoms with Crippen LogP contribution in [0, 0.1) is 10.1 Å². The Labute approximate surface area is 115 Å². The van der Waals surface area contributed by atoms with Crippen molar-refractivity contribution in [3.8, 4) is 0 Å². The number of halogens is 3. The predicted octanol–water partition coefficient (Wildman–Crippen LogP) is 3.54. The van der Waals surface area contributed by atoms with Crippen LogP contribution in [0.1, 0.15) is 30.9 Å². The van der Waals surface area contributed by atoms with Gasteiger partial charge < -0.3 is 5.32 Å². The van der Waals surface area contributed by atoms with Crippen LogP contribution in [0.15, 0.2) is 18.2 Å². The van der Waals surface area contributed by atoms with E-state index in [1.165, 1.54) is 6.07 Å². The number of hydrogen-bond donors (Lipinski definition) is 1. The zero-order chi connectivity index (χ0) is 15.3. The van der Waals surface area contributed by atoms with E-state index in [1.54, 1.807) is 7.05 Å². The predicted molar refractivity (Wildman–Crippen MR) is 69.6 cm³/mol. The molecule has 0 aliphatic rings. The minimum atomic E-state index is -4.72. The Bertz CT molecular complexity index is 475. The molecule has 0 aliphatic heterocycles. The summed E-state index contributed by atoms with van der Waals surface area (Å²) in [5.74, 6) is 0. The SMILES string of the molecule is CCCC(Cc1ccc([N+](=O)[O-])c(C(F)(F)F)c1)NC. The lowest BCUT2D eigenvalue weighted by Gasteiger charge is -2.16. The molecule has 1 rings (SSSR count). The van der Waals surface area contributed by atoms with E-state index < -0.39 is 22.4 Å². The summed E-state index contributed by atoms with van der Waals surface area (Å²) in [7, 11) is 1.75. The molecule has 4 nitrogen and oxygen atoms in total. The number of benzene rings is 1. The fraction of sp³-hybridized carbons (Fsp3) is 0.538. The minimum Gasteiger partial charge on any atom is -0.317 e. The molecule has 1 N–H and O–H groups in total. The first-order valence-corrected chi connectivity index (χ1v) is 6.31. The topological polar surface area (TPSA) is 55.2 Å². The number of alkyl halides is 3. The standard InChI is InChI=1S/C13H17F3N2O2/c1-3-4-10(17-2)7-9-5-6-12(18(19)20)11(8-9)13(14,15)16/h5-6,8,10,17H,3-4,7H2,1-2H3. The third-order valence-electron chi connectivity index (χ3n) is 3.09. The quantitative estimate of drug-likeness (QED) is 0.644. The van der Waals surface area contributed by atoms with Crippen LogP contribution in [0.5, 0.6) is 0 Å². The van der Waals surface area contributed by atoms with Gasteiger partial charge in [-0.05, 0) is 31.5 Å². The largest absolute Gasteiger partial charge is 0.423 e. The molecular formula is C13H17F3N2O2. The summed E-state index contributed by atoms with van der Waals surface area (Å²) in [6, 6.07) is 3.24. The third-order valence-corrected chi connectivity index (χ3v) is 3.09. The molecule has 1 aromatic rings. The monoisotopic (exact) mass is 290 g/mol. The molecule has 0 saturated heterocycles. The van der Waals surface area contributed by atoms with Crippen molar-refractivity contribution in [3.63, 3.8) is 0 Å². The van der Waals surface area contributed by atoms with Crippen LogP contribution in [0.3, 0.4) is 0 Å². The van der Waals surface area contributed by atoms with Crippen LogP contribution in [0.25, 0.3) is 0 Å². The Balaban J connectivity index is 3.10. The highest BCUT2D eigenvalue weighted by Crippen LogP contribution is 2.36. The van der Waals surface area contributed by atoms with E-state index in [4.69, 9.17) is 0 Å². The summed E-state index contributed by atoms with van der Waals surface area (Å²) in [5.41, 5.74) is -1.65.